The van der Waals surface area contributed by atoms with Crippen LogP contribution in [0.25, 0.3) is 0 Å². The number of aliphatic hydroxyl groups is 1. The van der Waals surface area contributed by atoms with Crippen molar-refractivity contribution in [3.05, 3.63) is 196 Å². The summed E-state index contributed by atoms with van der Waals surface area (Å²) in [5.41, 5.74) is 3.61. The van der Waals surface area contributed by atoms with Gasteiger partial charge in [-0.05, 0) is 46.5 Å². The first-order chi connectivity index (χ1) is 24.0. The lowest BCUT2D eigenvalue weighted by Gasteiger charge is -2.48. The molecular formula is C43H35ClN2O3. The summed E-state index contributed by atoms with van der Waals surface area (Å²) in [6, 6.07) is 51.6. The van der Waals surface area contributed by atoms with Gasteiger partial charge in [0.1, 0.15) is 23.4 Å². The highest BCUT2D eigenvalue weighted by atomic mass is 35.5. The number of rotatable bonds is 8. The highest BCUT2D eigenvalue weighted by molar-refractivity contribution is 6.31. The second-order valence-corrected chi connectivity index (χ2v) is 13.2. The SMILES string of the molecule is O=C1N(Cc2ccccc2)c2ccc(Cl)cc2C12c1ccc(N(Cc3ccccc3)Cc3ccccc3)cc1OC[C@]2(O)c1ccccc1. The lowest BCUT2D eigenvalue weighted by Crippen LogP contribution is -2.61. The van der Waals surface area contributed by atoms with Crippen LogP contribution >= 0.6 is 11.6 Å². The lowest BCUT2D eigenvalue weighted by molar-refractivity contribution is -0.139. The Kier molecular flexibility index (Phi) is 7.95. The molecule has 2 aliphatic heterocycles. The first-order valence-electron chi connectivity index (χ1n) is 16.5. The van der Waals surface area contributed by atoms with Crippen LogP contribution in [0.15, 0.2) is 158 Å². The number of carbonyl (C=O) groups excluding carboxylic acids is 1. The number of nitrogens with zero attached hydrogens (tertiary/aromatic N) is 2. The van der Waals surface area contributed by atoms with Gasteiger partial charge in [-0.3, -0.25) is 4.79 Å². The van der Waals surface area contributed by atoms with Crippen molar-refractivity contribution in [1.82, 2.24) is 0 Å². The fourth-order valence-electron chi connectivity index (χ4n) is 7.56. The average Bonchev–Trinajstić information content (AvgIpc) is 3.38. The molecule has 1 amide bonds. The molecule has 6 aromatic carbocycles. The molecule has 2 heterocycles. The Hall–Kier alpha value is -5.36. The van der Waals surface area contributed by atoms with Gasteiger partial charge in [0, 0.05) is 46.7 Å². The molecule has 0 saturated carbocycles. The lowest BCUT2D eigenvalue weighted by atomic mass is 9.60. The molecule has 1 spiro atoms. The topological polar surface area (TPSA) is 53.0 Å². The molecule has 6 heteroatoms. The molecule has 0 aromatic heterocycles. The summed E-state index contributed by atoms with van der Waals surface area (Å²) in [4.78, 5) is 19.5. The van der Waals surface area contributed by atoms with Crippen molar-refractivity contribution in [3.63, 3.8) is 0 Å². The molecule has 1 unspecified atom stereocenters. The summed E-state index contributed by atoms with van der Waals surface area (Å²) in [6.07, 6.45) is 0. The maximum Gasteiger partial charge on any atom is 0.246 e. The second-order valence-electron chi connectivity index (χ2n) is 12.8. The van der Waals surface area contributed by atoms with Crippen LogP contribution in [0.3, 0.4) is 0 Å². The summed E-state index contributed by atoms with van der Waals surface area (Å²) in [5, 5.41) is 13.6. The third-order valence-electron chi connectivity index (χ3n) is 9.88. The highest BCUT2D eigenvalue weighted by Gasteiger charge is 2.67. The molecule has 5 nitrogen and oxygen atoms in total. The van der Waals surface area contributed by atoms with Gasteiger partial charge < -0.3 is 19.6 Å². The Labute approximate surface area is 291 Å². The standard InChI is InChI=1S/C43H35ClN2O3/c44-35-21-24-39-38(25-35)43(41(47)46(39)29-33-17-9-3-10-18-33)37-23-22-36(26-40(37)49-30-42(43,48)34-19-11-4-12-20-34)45(27-31-13-5-1-6-14-31)28-32-15-7-2-8-16-32/h1-26,48H,27-30H2/t42-,43?/m0/s1. The van der Waals surface area contributed by atoms with E-state index < -0.39 is 11.0 Å². The van der Waals surface area contributed by atoms with Gasteiger partial charge in [-0.1, -0.05) is 139 Å². The van der Waals surface area contributed by atoms with Crippen LogP contribution in [0.4, 0.5) is 11.4 Å². The molecule has 242 valence electrons. The molecule has 0 fully saturated rings. The zero-order chi connectivity index (χ0) is 33.4. The molecule has 0 aliphatic carbocycles. The van der Waals surface area contributed by atoms with E-state index >= 15 is 4.79 Å². The number of halogens is 1. The predicted octanol–water partition coefficient (Wildman–Crippen LogP) is 8.66. The Morgan fingerprint density at radius 2 is 1.24 bits per heavy atom. The van der Waals surface area contributed by atoms with E-state index in [1.54, 1.807) is 11.0 Å². The molecule has 0 radical (unpaired) electrons. The van der Waals surface area contributed by atoms with E-state index in [0.29, 0.717) is 47.1 Å². The minimum absolute atomic E-state index is 0.123. The number of amides is 1. The number of hydrogen-bond acceptors (Lipinski definition) is 4. The molecule has 0 bridgehead atoms. The quantitative estimate of drug-likeness (QED) is 0.177. The minimum atomic E-state index is -1.74. The van der Waals surface area contributed by atoms with E-state index in [1.807, 2.05) is 103 Å². The van der Waals surface area contributed by atoms with E-state index in [4.69, 9.17) is 16.3 Å². The van der Waals surface area contributed by atoms with Crippen molar-refractivity contribution in [1.29, 1.82) is 0 Å². The van der Waals surface area contributed by atoms with E-state index in [9.17, 15) is 5.11 Å². The number of ether oxygens (including phenoxy) is 1. The summed E-state index contributed by atoms with van der Waals surface area (Å²) >= 11 is 6.72. The maximum atomic E-state index is 15.4. The Morgan fingerprint density at radius 3 is 1.86 bits per heavy atom. The van der Waals surface area contributed by atoms with Gasteiger partial charge in [-0.2, -0.15) is 0 Å². The minimum Gasteiger partial charge on any atom is -0.490 e. The number of benzene rings is 6. The van der Waals surface area contributed by atoms with Crippen LogP contribution in [0.5, 0.6) is 5.75 Å². The van der Waals surface area contributed by atoms with Gasteiger partial charge in [0.2, 0.25) is 5.91 Å². The van der Waals surface area contributed by atoms with E-state index in [0.717, 1.165) is 16.9 Å². The van der Waals surface area contributed by atoms with Crippen molar-refractivity contribution >= 4 is 28.9 Å². The van der Waals surface area contributed by atoms with Crippen LogP contribution in [-0.4, -0.2) is 17.6 Å². The number of hydrogen-bond donors (Lipinski definition) is 1. The Bertz CT molecular complexity index is 2070. The van der Waals surface area contributed by atoms with Crippen LogP contribution in [-0.2, 0) is 35.4 Å². The molecule has 2 aliphatic rings. The van der Waals surface area contributed by atoms with Crippen molar-refractivity contribution in [2.24, 2.45) is 0 Å². The number of fused-ring (bicyclic) bond motifs is 4. The van der Waals surface area contributed by atoms with Crippen molar-refractivity contribution in [3.8, 4) is 5.75 Å². The highest BCUT2D eigenvalue weighted by Crippen LogP contribution is 2.60. The van der Waals surface area contributed by atoms with Gasteiger partial charge >= 0.3 is 0 Å². The normalized spacial score (nSPS) is 19.3. The third kappa shape index (κ3) is 5.27. The van der Waals surface area contributed by atoms with E-state index in [1.165, 1.54) is 11.1 Å². The largest absolute Gasteiger partial charge is 0.490 e. The second kappa shape index (κ2) is 12.6. The summed E-state index contributed by atoms with van der Waals surface area (Å²) < 4.78 is 6.54. The van der Waals surface area contributed by atoms with E-state index in [2.05, 4.69) is 53.4 Å². The number of carbonyl (C=O) groups is 1. The number of anilines is 2. The van der Waals surface area contributed by atoms with Crippen molar-refractivity contribution < 1.29 is 14.6 Å². The molecule has 0 saturated heterocycles. The molecular weight excluding hydrogens is 628 g/mol. The predicted molar refractivity (Wildman–Crippen MR) is 195 cm³/mol. The maximum absolute atomic E-state index is 15.4. The zero-order valence-corrected chi connectivity index (χ0v) is 27.6. The Balaban J connectivity index is 1.31. The van der Waals surface area contributed by atoms with Crippen LogP contribution in [0.1, 0.15) is 33.4 Å². The van der Waals surface area contributed by atoms with Crippen molar-refractivity contribution in [2.45, 2.75) is 30.7 Å². The molecule has 49 heavy (non-hydrogen) atoms. The monoisotopic (exact) mass is 662 g/mol. The third-order valence-corrected chi connectivity index (χ3v) is 10.1. The van der Waals surface area contributed by atoms with Gasteiger partial charge in [-0.15, -0.1) is 0 Å². The molecule has 1 N–H and O–H groups in total. The first-order valence-corrected chi connectivity index (χ1v) is 16.9. The Morgan fingerprint density at radius 1 is 0.673 bits per heavy atom. The molecule has 2 atom stereocenters. The zero-order valence-electron chi connectivity index (χ0n) is 26.9. The summed E-state index contributed by atoms with van der Waals surface area (Å²) in [5.74, 6) is 0.341. The smallest absolute Gasteiger partial charge is 0.246 e. The van der Waals surface area contributed by atoms with Gasteiger partial charge in [-0.25, -0.2) is 0 Å². The van der Waals surface area contributed by atoms with Crippen LogP contribution in [0.2, 0.25) is 5.02 Å². The molecule has 8 rings (SSSR count). The average molecular weight is 663 g/mol. The van der Waals surface area contributed by atoms with Crippen molar-refractivity contribution in [2.75, 3.05) is 16.4 Å². The molecule has 6 aromatic rings. The fraction of sp³-hybridized carbons (Fsp3) is 0.140. The van der Waals surface area contributed by atoms with E-state index in [-0.39, 0.29) is 12.5 Å². The summed E-state index contributed by atoms with van der Waals surface area (Å²) in [6.45, 7) is 1.57. The van der Waals surface area contributed by atoms with Gasteiger partial charge in [0.25, 0.3) is 0 Å². The first kappa shape index (κ1) is 30.9. The summed E-state index contributed by atoms with van der Waals surface area (Å²) in [7, 11) is 0. The van der Waals surface area contributed by atoms with Crippen LogP contribution in [0, 0.1) is 0 Å². The van der Waals surface area contributed by atoms with Gasteiger partial charge in [0.15, 0.2) is 0 Å². The van der Waals surface area contributed by atoms with Crippen LogP contribution < -0.4 is 14.5 Å². The van der Waals surface area contributed by atoms with Gasteiger partial charge in [0.05, 0.1) is 6.54 Å². The fourth-order valence-corrected chi connectivity index (χ4v) is 7.74.